The van der Waals surface area contributed by atoms with Gasteiger partial charge in [-0.3, -0.25) is 4.72 Å². The zero-order valence-electron chi connectivity index (χ0n) is 9.14. The minimum absolute atomic E-state index is 0.0309. The summed E-state index contributed by atoms with van der Waals surface area (Å²) in [6, 6.07) is 5.35. The fraction of sp³-hybridized carbons (Fsp3) is 0. The number of halogens is 3. The van der Waals surface area contributed by atoms with E-state index in [1.54, 1.807) is 0 Å². The van der Waals surface area contributed by atoms with Gasteiger partial charge < -0.3 is 0 Å². The minimum atomic E-state index is -3.81. The Bertz CT molecular complexity index is 722. The number of hydrogen-bond acceptors (Lipinski definition) is 4. The predicted octanol–water partition coefficient (Wildman–Crippen LogP) is 3.24. The van der Waals surface area contributed by atoms with Crippen LogP contribution in [-0.4, -0.2) is 18.4 Å². The van der Waals surface area contributed by atoms with E-state index in [4.69, 9.17) is 34.8 Å². The van der Waals surface area contributed by atoms with Crippen LogP contribution in [0.15, 0.2) is 35.4 Å². The molecule has 2 rings (SSSR count). The van der Waals surface area contributed by atoms with Gasteiger partial charge in [-0.25, -0.2) is 13.4 Å². The molecule has 0 saturated carbocycles. The smallest absolute Gasteiger partial charge is 0.263 e. The van der Waals surface area contributed by atoms with Crippen LogP contribution in [0.25, 0.3) is 0 Å². The van der Waals surface area contributed by atoms with E-state index in [-0.39, 0.29) is 26.0 Å². The maximum absolute atomic E-state index is 12.1. The standard InChI is InChI=1S/C10H6Cl3N3O2S/c11-7-2-1-6(5-8(7)12)19(17,18)16-9-3-4-14-10(13)15-9/h1-5H,(H,14,15,16). The van der Waals surface area contributed by atoms with E-state index in [1.807, 2.05) is 0 Å². The fourth-order valence-corrected chi connectivity index (χ4v) is 2.77. The van der Waals surface area contributed by atoms with Crippen molar-refractivity contribution in [2.24, 2.45) is 0 Å². The summed E-state index contributed by atoms with van der Waals surface area (Å²) in [5.41, 5.74) is 0. The third kappa shape index (κ3) is 3.48. The molecule has 5 nitrogen and oxygen atoms in total. The second-order valence-corrected chi connectivity index (χ2v) is 6.23. The van der Waals surface area contributed by atoms with Gasteiger partial charge in [0.25, 0.3) is 10.0 Å². The highest BCUT2D eigenvalue weighted by Crippen LogP contribution is 2.25. The average molecular weight is 339 g/mol. The molecular weight excluding hydrogens is 333 g/mol. The Labute approximate surface area is 124 Å². The highest BCUT2D eigenvalue weighted by atomic mass is 35.5. The van der Waals surface area contributed by atoms with Gasteiger partial charge in [-0.05, 0) is 35.9 Å². The van der Waals surface area contributed by atoms with Crippen molar-refractivity contribution in [2.75, 3.05) is 4.72 Å². The number of benzene rings is 1. The van der Waals surface area contributed by atoms with Crippen LogP contribution >= 0.6 is 34.8 Å². The van der Waals surface area contributed by atoms with Gasteiger partial charge in [0.2, 0.25) is 5.28 Å². The second kappa shape index (κ2) is 5.50. The molecule has 100 valence electrons. The van der Waals surface area contributed by atoms with Crippen molar-refractivity contribution in [3.8, 4) is 0 Å². The molecule has 1 N–H and O–H groups in total. The van der Waals surface area contributed by atoms with Crippen molar-refractivity contribution < 1.29 is 8.42 Å². The lowest BCUT2D eigenvalue weighted by molar-refractivity contribution is 0.601. The molecule has 0 fully saturated rings. The highest BCUT2D eigenvalue weighted by molar-refractivity contribution is 7.92. The van der Waals surface area contributed by atoms with E-state index in [0.29, 0.717) is 0 Å². The van der Waals surface area contributed by atoms with E-state index < -0.39 is 10.0 Å². The number of aromatic nitrogens is 2. The molecule has 2 aromatic rings. The molecule has 0 aliphatic heterocycles. The number of nitrogens with one attached hydrogen (secondary N) is 1. The van der Waals surface area contributed by atoms with Gasteiger partial charge >= 0.3 is 0 Å². The molecule has 0 aliphatic rings. The van der Waals surface area contributed by atoms with Crippen molar-refractivity contribution in [3.05, 3.63) is 45.8 Å². The molecule has 0 spiro atoms. The summed E-state index contributed by atoms with van der Waals surface area (Å²) in [6.45, 7) is 0. The van der Waals surface area contributed by atoms with E-state index in [2.05, 4.69) is 14.7 Å². The summed E-state index contributed by atoms with van der Waals surface area (Å²) in [7, 11) is -3.81. The van der Waals surface area contributed by atoms with Crippen molar-refractivity contribution in [2.45, 2.75) is 4.90 Å². The zero-order valence-corrected chi connectivity index (χ0v) is 12.2. The Hall–Kier alpha value is -1.08. The van der Waals surface area contributed by atoms with Gasteiger partial charge in [-0.15, -0.1) is 0 Å². The molecule has 0 atom stereocenters. The lowest BCUT2D eigenvalue weighted by atomic mass is 10.4. The molecule has 1 aromatic carbocycles. The minimum Gasteiger partial charge on any atom is -0.263 e. The van der Waals surface area contributed by atoms with Crippen LogP contribution in [0.4, 0.5) is 5.82 Å². The number of rotatable bonds is 3. The van der Waals surface area contributed by atoms with Gasteiger partial charge in [0.15, 0.2) is 0 Å². The van der Waals surface area contributed by atoms with Crippen molar-refractivity contribution in [1.82, 2.24) is 9.97 Å². The van der Waals surface area contributed by atoms with Crippen LogP contribution in [0.2, 0.25) is 15.3 Å². The third-order valence-corrected chi connectivity index (χ3v) is 4.34. The molecule has 0 bridgehead atoms. The van der Waals surface area contributed by atoms with Crippen LogP contribution < -0.4 is 4.72 Å². The summed E-state index contributed by atoms with van der Waals surface area (Å²) in [4.78, 5) is 7.35. The molecular formula is C10H6Cl3N3O2S. The molecule has 0 saturated heterocycles. The van der Waals surface area contributed by atoms with E-state index in [0.717, 1.165) is 0 Å². The Morgan fingerprint density at radius 1 is 1.05 bits per heavy atom. The van der Waals surface area contributed by atoms with Crippen LogP contribution in [0.3, 0.4) is 0 Å². The molecule has 1 aromatic heterocycles. The van der Waals surface area contributed by atoms with E-state index in [1.165, 1.54) is 30.5 Å². The molecule has 1 heterocycles. The Balaban J connectivity index is 2.35. The summed E-state index contributed by atoms with van der Waals surface area (Å²) >= 11 is 17.1. The second-order valence-electron chi connectivity index (χ2n) is 3.39. The van der Waals surface area contributed by atoms with Crippen molar-refractivity contribution >= 4 is 50.6 Å². The van der Waals surface area contributed by atoms with Crippen LogP contribution in [-0.2, 0) is 10.0 Å². The lowest BCUT2D eigenvalue weighted by Gasteiger charge is -2.07. The number of hydrogen-bond donors (Lipinski definition) is 1. The first kappa shape index (κ1) is 14.3. The topological polar surface area (TPSA) is 72.0 Å². The van der Waals surface area contributed by atoms with Crippen LogP contribution in [0.5, 0.6) is 0 Å². The maximum atomic E-state index is 12.1. The number of anilines is 1. The first-order chi connectivity index (χ1) is 8.88. The number of nitrogens with zero attached hydrogens (tertiary/aromatic N) is 2. The largest absolute Gasteiger partial charge is 0.263 e. The number of sulfonamides is 1. The Morgan fingerprint density at radius 2 is 1.79 bits per heavy atom. The molecule has 0 radical (unpaired) electrons. The normalized spacial score (nSPS) is 11.3. The van der Waals surface area contributed by atoms with Gasteiger partial charge in [-0.1, -0.05) is 23.2 Å². The first-order valence-corrected chi connectivity index (χ1v) is 7.46. The SMILES string of the molecule is O=S(=O)(Nc1ccnc(Cl)n1)c1ccc(Cl)c(Cl)c1. The molecule has 19 heavy (non-hydrogen) atoms. The Morgan fingerprint density at radius 3 is 2.42 bits per heavy atom. The van der Waals surface area contributed by atoms with Crippen LogP contribution in [0, 0.1) is 0 Å². The maximum Gasteiger partial charge on any atom is 0.263 e. The van der Waals surface area contributed by atoms with E-state index >= 15 is 0 Å². The quantitative estimate of drug-likeness (QED) is 0.872. The van der Waals surface area contributed by atoms with Crippen LogP contribution in [0.1, 0.15) is 0 Å². The van der Waals surface area contributed by atoms with Gasteiger partial charge in [-0.2, -0.15) is 4.98 Å². The zero-order chi connectivity index (χ0) is 14.0. The summed E-state index contributed by atoms with van der Waals surface area (Å²) in [5.74, 6) is 0.0612. The predicted molar refractivity (Wildman–Crippen MR) is 74.3 cm³/mol. The summed E-state index contributed by atoms with van der Waals surface area (Å²) < 4.78 is 26.4. The third-order valence-electron chi connectivity index (χ3n) is 2.07. The molecule has 0 aliphatic carbocycles. The molecule has 0 amide bonds. The average Bonchev–Trinajstić information content (AvgIpc) is 2.32. The van der Waals surface area contributed by atoms with Crippen molar-refractivity contribution in [3.63, 3.8) is 0 Å². The van der Waals surface area contributed by atoms with Crippen molar-refractivity contribution in [1.29, 1.82) is 0 Å². The summed E-state index contributed by atoms with van der Waals surface area (Å²) in [6.07, 6.45) is 1.34. The Kier molecular flexibility index (Phi) is 4.15. The van der Waals surface area contributed by atoms with E-state index in [9.17, 15) is 8.42 Å². The van der Waals surface area contributed by atoms with Gasteiger partial charge in [0, 0.05) is 6.20 Å². The monoisotopic (exact) mass is 337 g/mol. The first-order valence-electron chi connectivity index (χ1n) is 4.85. The summed E-state index contributed by atoms with van der Waals surface area (Å²) in [5, 5.41) is 0.352. The molecule has 9 heteroatoms. The molecule has 0 unspecified atom stereocenters. The van der Waals surface area contributed by atoms with Gasteiger partial charge in [0.1, 0.15) is 5.82 Å². The fourth-order valence-electron chi connectivity index (χ4n) is 1.23. The lowest BCUT2D eigenvalue weighted by Crippen LogP contribution is -2.14. The highest BCUT2D eigenvalue weighted by Gasteiger charge is 2.16. The van der Waals surface area contributed by atoms with Gasteiger partial charge in [0.05, 0.1) is 14.9 Å².